The smallest absolute Gasteiger partial charge is 0.254 e. The Bertz CT molecular complexity index is 736. The number of carbonyl (C=O) groups excluding carboxylic acids is 1. The summed E-state index contributed by atoms with van der Waals surface area (Å²) in [5, 5.41) is 5.84. The minimum Gasteiger partial charge on any atom is -0.366 e. The maximum Gasteiger partial charge on any atom is 0.254 e. The van der Waals surface area contributed by atoms with Crippen LogP contribution in [0, 0.1) is 0 Å². The molecule has 2 heterocycles. The molecule has 1 aromatic rings. The number of hydrogen-bond acceptors (Lipinski definition) is 6. The summed E-state index contributed by atoms with van der Waals surface area (Å²) in [5.74, 6) is -0.275. The molecule has 1 amide bonds. The van der Waals surface area contributed by atoms with Crippen LogP contribution < -0.4 is 10.6 Å². The molecule has 28 heavy (non-hydrogen) atoms. The van der Waals surface area contributed by atoms with Crippen LogP contribution in [0.15, 0.2) is 29.2 Å². The Kier molecular flexibility index (Phi) is 10.1. The number of likely N-dealkylation sites (N-methyl/N-ethyl adjacent to an activating group) is 1. The summed E-state index contributed by atoms with van der Waals surface area (Å²) in [7, 11) is -3.57. The van der Waals surface area contributed by atoms with Crippen molar-refractivity contribution >= 4 is 46.4 Å². The van der Waals surface area contributed by atoms with Crippen molar-refractivity contribution in [2.75, 3.05) is 57.7 Å². The first-order valence-corrected chi connectivity index (χ1v) is 10.4. The van der Waals surface area contributed by atoms with Gasteiger partial charge >= 0.3 is 0 Å². The highest BCUT2D eigenvalue weighted by Crippen LogP contribution is 2.21. The van der Waals surface area contributed by atoms with E-state index in [-0.39, 0.29) is 35.6 Å². The summed E-state index contributed by atoms with van der Waals surface area (Å²) in [6.07, 6.45) is -0.564. The third-order valence-electron chi connectivity index (χ3n) is 4.74. The first kappa shape index (κ1) is 25.1. The van der Waals surface area contributed by atoms with E-state index < -0.39 is 16.1 Å². The number of hydrogen-bond donors (Lipinski definition) is 2. The quantitative estimate of drug-likeness (QED) is 0.682. The summed E-state index contributed by atoms with van der Waals surface area (Å²) in [6, 6.07) is 6.40. The van der Waals surface area contributed by atoms with Crippen LogP contribution in [-0.2, 0) is 19.6 Å². The number of halogens is 2. The summed E-state index contributed by atoms with van der Waals surface area (Å²) >= 11 is 0. The molecule has 8 nitrogen and oxygen atoms in total. The van der Waals surface area contributed by atoms with Gasteiger partial charge in [0.05, 0.1) is 11.5 Å². The van der Waals surface area contributed by atoms with Crippen LogP contribution in [0.1, 0.15) is 6.92 Å². The highest BCUT2D eigenvalue weighted by Gasteiger charge is 2.28. The molecule has 2 aliphatic heterocycles. The van der Waals surface area contributed by atoms with Gasteiger partial charge in [0.15, 0.2) is 0 Å². The number of rotatable bonds is 5. The Labute approximate surface area is 178 Å². The Morgan fingerprint density at radius 1 is 1.25 bits per heavy atom. The molecule has 1 atom stereocenters. The van der Waals surface area contributed by atoms with E-state index in [0.717, 1.165) is 26.2 Å². The van der Waals surface area contributed by atoms with Crippen molar-refractivity contribution < 1.29 is 17.9 Å². The highest BCUT2D eigenvalue weighted by molar-refractivity contribution is 7.89. The molecule has 0 aromatic heterocycles. The van der Waals surface area contributed by atoms with E-state index in [1.807, 2.05) is 0 Å². The maximum atomic E-state index is 12.9. The van der Waals surface area contributed by atoms with E-state index in [4.69, 9.17) is 4.74 Å². The fourth-order valence-electron chi connectivity index (χ4n) is 3.13. The van der Waals surface area contributed by atoms with E-state index >= 15 is 0 Å². The molecule has 2 saturated heterocycles. The van der Waals surface area contributed by atoms with Crippen LogP contribution in [0.5, 0.6) is 0 Å². The van der Waals surface area contributed by atoms with Crippen LogP contribution in [0.4, 0.5) is 5.69 Å². The molecule has 2 N–H and O–H groups in total. The van der Waals surface area contributed by atoms with Gasteiger partial charge in [0.25, 0.3) is 5.91 Å². The second-order valence-electron chi connectivity index (χ2n) is 6.42. The zero-order chi connectivity index (χ0) is 18.6. The molecular formula is C17H28Cl2N4O4S. The number of sulfonamides is 1. The SMILES string of the molecule is CCN1CCN(S(=O)(=O)c2cccc(NC(=O)C3CNCCO3)c2)CC1.Cl.Cl. The number of nitrogens with zero attached hydrogens (tertiary/aromatic N) is 2. The van der Waals surface area contributed by atoms with Crippen molar-refractivity contribution in [1.29, 1.82) is 0 Å². The van der Waals surface area contributed by atoms with Gasteiger partial charge in [0, 0.05) is 45.0 Å². The zero-order valence-corrected chi connectivity index (χ0v) is 18.2. The first-order chi connectivity index (χ1) is 12.5. The molecule has 0 saturated carbocycles. The van der Waals surface area contributed by atoms with Crippen LogP contribution >= 0.6 is 24.8 Å². The van der Waals surface area contributed by atoms with Gasteiger partial charge < -0.3 is 20.3 Å². The Morgan fingerprint density at radius 3 is 2.57 bits per heavy atom. The van der Waals surface area contributed by atoms with Crippen molar-refractivity contribution in [2.45, 2.75) is 17.9 Å². The number of benzene rings is 1. The normalized spacial score (nSPS) is 21.2. The van der Waals surface area contributed by atoms with Gasteiger partial charge in [-0.05, 0) is 24.7 Å². The molecule has 11 heteroatoms. The Hall–Kier alpha value is -0.940. The fraction of sp³-hybridized carbons (Fsp3) is 0.588. The van der Waals surface area contributed by atoms with Crippen molar-refractivity contribution in [3.8, 4) is 0 Å². The van der Waals surface area contributed by atoms with Crippen LogP contribution in [0.25, 0.3) is 0 Å². The summed E-state index contributed by atoms with van der Waals surface area (Å²) in [4.78, 5) is 14.7. The van der Waals surface area contributed by atoms with Crippen molar-refractivity contribution in [3.63, 3.8) is 0 Å². The molecule has 160 valence electrons. The number of morpholine rings is 1. The predicted octanol–water partition coefficient (Wildman–Crippen LogP) is 0.783. The number of nitrogens with one attached hydrogen (secondary N) is 2. The summed E-state index contributed by atoms with van der Waals surface area (Å²) in [5.41, 5.74) is 0.456. The second kappa shape index (κ2) is 11.3. The molecule has 1 unspecified atom stereocenters. The van der Waals surface area contributed by atoms with E-state index in [1.165, 1.54) is 10.4 Å². The van der Waals surface area contributed by atoms with Gasteiger partial charge in [-0.15, -0.1) is 24.8 Å². The van der Waals surface area contributed by atoms with E-state index in [9.17, 15) is 13.2 Å². The maximum absolute atomic E-state index is 12.9. The van der Waals surface area contributed by atoms with Crippen molar-refractivity contribution in [3.05, 3.63) is 24.3 Å². The van der Waals surface area contributed by atoms with E-state index in [2.05, 4.69) is 22.5 Å². The molecule has 0 spiro atoms. The lowest BCUT2D eigenvalue weighted by molar-refractivity contribution is -0.128. The van der Waals surface area contributed by atoms with Gasteiger partial charge in [0.2, 0.25) is 10.0 Å². The number of carbonyl (C=O) groups is 1. The average Bonchev–Trinajstić information content (AvgIpc) is 2.69. The summed E-state index contributed by atoms with van der Waals surface area (Å²) in [6.45, 7) is 7.08. The van der Waals surface area contributed by atoms with Crippen molar-refractivity contribution in [1.82, 2.24) is 14.5 Å². The topological polar surface area (TPSA) is 91.0 Å². The molecule has 1 aromatic carbocycles. The molecule has 3 rings (SSSR count). The lowest BCUT2D eigenvalue weighted by Crippen LogP contribution is -2.48. The minimum absolute atomic E-state index is 0. The molecule has 2 fully saturated rings. The number of ether oxygens (including phenoxy) is 1. The number of anilines is 1. The third kappa shape index (κ3) is 6.03. The van der Waals surface area contributed by atoms with Gasteiger partial charge in [-0.1, -0.05) is 13.0 Å². The lowest BCUT2D eigenvalue weighted by atomic mass is 10.2. The first-order valence-electron chi connectivity index (χ1n) is 8.96. The largest absolute Gasteiger partial charge is 0.366 e. The molecule has 0 radical (unpaired) electrons. The van der Waals surface area contributed by atoms with Gasteiger partial charge in [-0.25, -0.2) is 8.42 Å². The zero-order valence-electron chi connectivity index (χ0n) is 15.8. The Morgan fingerprint density at radius 2 is 1.96 bits per heavy atom. The van der Waals surface area contributed by atoms with Crippen LogP contribution in [0.2, 0.25) is 0 Å². The van der Waals surface area contributed by atoms with Crippen LogP contribution in [0.3, 0.4) is 0 Å². The molecular weight excluding hydrogens is 427 g/mol. The summed E-state index contributed by atoms with van der Waals surface area (Å²) < 4.78 is 32.7. The number of piperazine rings is 1. The van der Waals surface area contributed by atoms with E-state index in [1.54, 1.807) is 18.2 Å². The predicted molar refractivity (Wildman–Crippen MR) is 113 cm³/mol. The van der Waals surface area contributed by atoms with Crippen LogP contribution in [-0.4, -0.2) is 82.1 Å². The average molecular weight is 455 g/mol. The molecule has 2 aliphatic rings. The van der Waals surface area contributed by atoms with Crippen molar-refractivity contribution in [2.24, 2.45) is 0 Å². The highest BCUT2D eigenvalue weighted by atomic mass is 35.5. The second-order valence-corrected chi connectivity index (χ2v) is 8.36. The monoisotopic (exact) mass is 454 g/mol. The third-order valence-corrected chi connectivity index (χ3v) is 6.63. The van der Waals surface area contributed by atoms with Gasteiger partial charge in [-0.2, -0.15) is 4.31 Å². The van der Waals surface area contributed by atoms with E-state index in [0.29, 0.717) is 31.9 Å². The molecule has 0 aliphatic carbocycles. The van der Waals surface area contributed by atoms with Gasteiger partial charge in [-0.3, -0.25) is 4.79 Å². The fourth-order valence-corrected chi connectivity index (χ4v) is 4.59. The molecule has 0 bridgehead atoms. The number of amides is 1. The lowest BCUT2D eigenvalue weighted by Gasteiger charge is -2.33. The standard InChI is InChI=1S/C17H26N4O4S.2ClH/c1-2-20-7-9-21(10-8-20)26(23,24)15-5-3-4-14(12-15)19-17(22)16-13-18-6-11-25-16;;/h3-5,12,16,18H,2,6-11,13H2,1H3,(H,19,22);2*1H. The van der Waals surface area contributed by atoms with Gasteiger partial charge in [0.1, 0.15) is 6.10 Å². The minimum atomic E-state index is -3.57. The Balaban J connectivity index is 0.00000196.